The fourth-order valence-electron chi connectivity index (χ4n) is 2.20. The van der Waals surface area contributed by atoms with Crippen LogP contribution in [0.5, 0.6) is 0 Å². The Hall–Kier alpha value is -2.97. The van der Waals surface area contributed by atoms with Gasteiger partial charge in [0.05, 0.1) is 4.92 Å². The van der Waals surface area contributed by atoms with E-state index in [1.807, 2.05) is 0 Å². The zero-order valence-electron chi connectivity index (χ0n) is 12.9. The van der Waals surface area contributed by atoms with Gasteiger partial charge in [-0.2, -0.15) is 0 Å². The number of hydrogen-bond donors (Lipinski definition) is 3. The fourth-order valence-corrected chi connectivity index (χ4v) is 2.20. The molecule has 0 aromatic heterocycles. The number of nitro benzene ring substituents is 1. The van der Waals surface area contributed by atoms with Gasteiger partial charge in [0.15, 0.2) is 0 Å². The van der Waals surface area contributed by atoms with Crippen LogP contribution in [0.15, 0.2) is 24.3 Å². The molecule has 128 valence electrons. The van der Waals surface area contributed by atoms with E-state index in [0.29, 0.717) is 0 Å². The summed E-state index contributed by atoms with van der Waals surface area (Å²) in [7, 11) is 0. The Bertz CT molecular complexity index is 686. The molecule has 2 amide bonds. The second-order valence-corrected chi connectivity index (χ2v) is 5.66. The summed E-state index contributed by atoms with van der Waals surface area (Å²) >= 11 is 0. The number of nitro groups is 1. The average molecular weight is 335 g/mol. The summed E-state index contributed by atoms with van der Waals surface area (Å²) < 4.78 is 0. The molecule has 0 aliphatic heterocycles. The van der Waals surface area contributed by atoms with Crippen LogP contribution in [0.4, 0.5) is 5.69 Å². The number of benzene rings is 1. The van der Waals surface area contributed by atoms with E-state index in [-0.39, 0.29) is 17.2 Å². The van der Waals surface area contributed by atoms with Crippen LogP contribution in [-0.4, -0.2) is 39.9 Å². The molecule has 0 saturated heterocycles. The molecule has 9 heteroatoms. The lowest BCUT2D eigenvalue weighted by Gasteiger charge is -2.18. The summed E-state index contributed by atoms with van der Waals surface area (Å²) in [5.74, 6) is -2.46. The van der Waals surface area contributed by atoms with Crippen molar-refractivity contribution in [2.75, 3.05) is 0 Å². The Kier molecular flexibility index (Phi) is 5.12. The van der Waals surface area contributed by atoms with Crippen LogP contribution in [0.1, 0.15) is 30.1 Å². The van der Waals surface area contributed by atoms with Gasteiger partial charge in [-0.05, 0) is 31.7 Å². The molecule has 0 radical (unpaired) electrons. The van der Waals surface area contributed by atoms with Gasteiger partial charge in [0.25, 0.3) is 11.6 Å². The molecule has 1 aliphatic rings. The molecular formula is C15H17N3O6. The molecule has 1 aliphatic carbocycles. The van der Waals surface area contributed by atoms with Crippen molar-refractivity contribution in [3.05, 3.63) is 39.9 Å². The topological polar surface area (TPSA) is 139 Å². The summed E-state index contributed by atoms with van der Waals surface area (Å²) in [6.45, 7) is 1.41. The summed E-state index contributed by atoms with van der Waals surface area (Å²) in [4.78, 5) is 45.3. The zero-order chi connectivity index (χ0) is 17.9. The number of rotatable bonds is 7. The minimum absolute atomic E-state index is 0.0424. The van der Waals surface area contributed by atoms with Crippen molar-refractivity contribution in [1.29, 1.82) is 0 Å². The number of carboxylic acid groups (broad SMARTS) is 1. The Morgan fingerprint density at radius 2 is 1.96 bits per heavy atom. The molecular weight excluding hydrogens is 318 g/mol. The molecule has 1 aromatic carbocycles. The Morgan fingerprint density at radius 1 is 1.29 bits per heavy atom. The predicted octanol–water partition coefficient (Wildman–Crippen LogP) is 0.692. The minimum atomic E-state index is -1.11. The third-order valence-electron chi connectivity index (χ3n) is 3.72. The second kappa shape index (κ2) is 7.07. The molecule has 2 atom stereocenters. The number of hydrogen-bond acceptors (Lipinski definition) is 5. The fraction of sp³-hybridized carbons (Fsp3) is 0.400. The lowest BCUT2D eigenvalue weighted by Crippen LogP contribution is -2.51. The van der Waals surface area contributed by atoms with Crippen molar-refractivity contribution in [1.82, 2.24) is 10.6 Å². The number of aliphatic carboxylic acids is 1. The van der Waals surface area contributed by atoms with Crippen LogP contribution in [0, 0.1) is 16.0 Å². The van der Waals surface area contributed by atoms with Crippen molar-refractivity contribution in [2.24, 2.45) is 5.92 Å². The first-order valence-electron chi connectivity index (χ1n) is 7.38. The lowest BCUT2D eigenvalue weighted by atomic mass is 10.1. The Labute approximate surface area is 137 Å². The van der Waals surface area contributed by atoms with Crippen molar-refractivity contribution in [3.63, 3.8) is 0 Å². The molecule has 1 aromatic rings. The highest BCUT2D eigenvalue weighted by atomic mass is 16.6. The SMILES string of the molecule is CC(NC(=O)c1cccc([N+](=O)[O-])c1)C(=O)NC(C(=O)O)C1CC1. The molecule has 9 nitrogen and oxygen atoms in total. The summed E-state index contributed by atoms with van der Waals surface area (Å²) in [6.07, 6.45) is 1.48. The number of carbonyl (C=O) groups excluding carboxylic acids is 2. The molecule has 0 heterocycles. The maximum atomic E-state index is 12.1. The lowest BCUT2D eigenvalue weighted by molar-refractivity contribution is -0.384. The molecule has 24 heavy (non-hydrogen) atoms. The van der Waals surface area contributed by atoms with Crippen LogP contribution < -0.4 is 10.6 Å². The number of carbonyl (C=O) groups is 3. The largest absolute Gasteiger partial charge is 0.480 e. The van der Waals surface area contributed by atoms with Crippen LogP contribution in [-0.2, 0) is 9.59 Å². The van der Waals surface area contributed by atoms with E-state index in [1.54, 1.807) is 0 Å². The minimum Gasteiger partial charge on any atom is -0.480 e. The van der Waals surface area contributed by atoms with E-state index in [0.717, 1.165) is 18.9 Å². The standard InChI is InChI=1S/C15H17N3O6/c1-8(13(19)17-12(15(21)22)9-5-6-9)16-14(20)10-3-2-4-11(7-10)18(23)24/h2-4,7-9,12H,5-6H2,1H3,(H,16,20)(H,17,19)(H,21,22). The first-order chi connectivity index (χ1) is 11.3. The maximum absolute atomic E-state index is 12.1. The van der Waals surface area contributed by atoms with Gasteiger partial charge in [-0.1, -0.05) is 6.07 Å². The zero-order valence-corrected chi connectivity index (χ0v) is 12.9. The third-order valence-corrected chi connectivity index (χ3v) is 3.72. The molecule has 2 unspecified atom stereocenters. The first kappa shape index (κ1) is 17.4. The molecule has 1 fully saturated rings. The van der Waals surface area contributed by atoms with E-state index in [9.17, 15) is 24.5 Å². The van der Waals surface area contributed by atoms with E-state index in [4.69, 9.17) is 5.11 Å². The summed E-state index contributed by atoms with van der Waals surface area (Å²) in [6, 6.07) is 3.17. The van der Waals surface area contributed by atoms with E-state index >= 15 is 0 Å². The van der Waals surface area contributed by atoms with Gasteiger partial charge < -0.3 is 15.7 Å². The van der Waals surface area contributed by atoms with E-state index < -0.39 is 34.8 Å². The normalized spacial score (nSPS) is 15.9. The first-order valence-corrected chi connectivity index (χ1v) is 7.38. The molecule has 0 spiro atoms. The van der Waals surface area contributed by atoms with Crippen LogP contribution in [0.3, 0.4) is 0 Å². The highest BCUT2D eigenvalue weighted by Gasteiger charge is 2.38. The molecule has 0 bridgehead atoms. The number of nitrogens with one attached hydrogen (secondary N) is 2. The number of carboxylic acids is 1. The van der Waals surface area contributed by atoms with Crippen molar-refractivity contribution in [3.8, 4) is 0 Å². The number of nitrogens with zero attached hydrogens (tertiary/aromatic N) is 1. The number of non-ortho nitro benzene ring substituents is 1. The van der Waals surface area contributed by atoms with Crippen molar-refractivity contribution >= 4 is 23.5 Å². The predicted molar refractivity (Wildman–Crippen MR) is 82.3 cm³/mol. The van der Waals surface area contributed by atoms with Gasteiger partial charge in [0.1, 0.15) is 12.1 Å². The highest BCUT2D eigenvalue weighted by Crippen LogP contribution is 2.32. The average Bonchev–Trinajstić information content (AvgIpc) is 3.36. The van der Waals surface area contributed by atoms with Gasteiger partial charge in [-0.25, -0.2) is 4.79 Å². The molecule has 3 N–H and O–H groups in total. The Balaban J connectivity index is 1.97. The summed E-state index contributed by atoms with van der Waals surface area (Å²) in [5, 5.41) is 24.6. The van der Waals surface area contributed by atoms with Crippen LogP contribution in [0.2, 0.25) is 0 Å². The highest BCUT2D eigenvalue weighted by molar-refractivity contribution is 5.98. The molecule has 1 saturated carbocycles. The van der Waals surface area contributed by atoms with E-state index in [1.165, 1.54) is 25.1 Å². The number of amides is 2. The van der Waals surface area contributed by atoms with Gasteiger partial charge >= 0.3 is 5.97 Å². The van der Waals surface area contributed by atoms with E-state index in [2.05, 4.69) is 10.6 Å². The third kappa shape index (κ3) is 4.28. The van der Waals surface area contributed by atoms with Crippen LogP contribution >= 0.6 is 0 Å². The quantitative estimate of drug-likeness (QED) is 0.495. The van der Waals surface area contributed by atoms with Crippen molar-refractivity contribution < 1.29 is 24.4 Å². The van der Waals surface area contributed by atoms with Gasteiger partial charge in [0, 0.05) is 17.7 Å². The Morgan fingerprint density at radius 3 is 2.50 bits per heavy atom. The smallest absolute Gasteiger partial charge is 0.326 e. The van der Waals surface area contributed by atoms with Gasteiger partial charge in [0.2, 0.25) is 5.91 Å². The van der Waals surface area contributed by atoms with Crippen LogP contribution in [0.25, 0.3) is 0 Å². The monoisotopic (exact) mass is 335 g/mol. The van der Waals surface area contributed by atoms with Gasteiger partial charge in [-0.3, -0.25) is 19.7 Å². The molecule has 2 rings (SSSR count). The maximum Gasteiger partial charge on any atom is 0.326 e. The van der Waals surface area contributed by atoms with Gasteiger partial charge in [-0.15, -0.1) is 0 Å². The second-order valence-electron chi connectivity index (χ2n) is 5.66. The van der Waals surface area contributed by atoms with Crippen molar-refractivity contribution in [2.45, 2.75) is 31.8 Å². The summed E-state index contributed by atoms with van der Waals surface area (Å²) in [5.41, 5.74) is -0.194.